The smallest absolute Gasteiger partial charge is 0.337 e. The highest BCUT2D eigenvalue weighted by molar-refractivity contribution is 6.30. The Morgan fingerprint density at radius 1 is 1.00 bits per heavy atom. The number of aliphatic hydroxyl groups excluding tert-OH is 1. The Bertz CT molecular complexity index is 944. The molecule has 0 radical (unpaired) electrons. The van der Waals surface area contributed by atoms with E-state index in [-0.39, 0.29) is 23.6 Å². The third-order valence-corrected chi connectivity index (χ3v) is 6.34. The quantitative estimate of drug-likeness (QED) is 0.657. The molecule has 3 N–H and O–H groups in total. The van der Waals surface area contributed by atoms with Crippen LogP contribution in [0.25, 0.3) is 0 Å². The molecular weight excluding hydrogens is 418 g/mol. The summed E-state index contributed by atoms with van der Waals surface area (Å²) in [4.78, 5) is 28.0. The molecule has 2 aromatic carbocycles. The van der Waals surface area contributed by atoms with E-state index < -0.39 is 12.1 Å². The second kappa shape index (κ2) is 9.26. The molecule has 4 rings (SSSR count). The average Bonchev–Trinajstić information content (AvgIpc) is 3.14. The predicted molar refractivity (Wildman–Crippen MR) is 119 cm³/mol. The Hall–Kier alpha value is -2.61. The molecule has 2 aliphatic rings. The van der Waals surface area contributed by atoms with E-state index in [0.29, 0.717) is 42.5 Å². The van der Waals surface area contributed by atoms with Gasteiger partial charge in [-0.15, -0.1) is 0 Å². The van der Waals surface area contributed by atoms with Gasteiger partial charge < -0.3 is 25.3 Å². The maximum Gasteiger partial charge on any atom is 0.337 e. The van der Waals surface area contributed by atoms with Crippen LogP contribution in [-0.2, 0) is 0 Å². The van der Waals surface area contributed by atoms with Crippen LogP contribution in [0.5, 0.6) is 0 Å². The molecule has 0 aromatic heterocycles. The number of benzene rings is 2. The van der Waals surface area contributed by atoms with Crippen molar-refractivity contribution in [1.29, 1.82) is 0 Å². The first-order chi connectivity index (χ1) is 14.9. The number of aromatic carboxylic acids is 1. The van der Waals surface area contributed by atoms with Gasteiger partial charge in [0.05, 0.1) is 23.4 Å². The van der Waals surface area contributed by atoms with Crippen molar-refractivity contribution in [2.75, 3.05) is 31.1 Å². The monoisotopic (exact) mass is 443 g/mol. The Kier molecular flexibility index (Phi) is 6.46. The lowest BCUT2D eigenvalue weighted by atomic mass is 10.0. The number of β-amino-alcohol motifs (C(OH)–C–C–N with tert-alkyl or cyclic N) is 1. The van der Waals surface area contributed by atoms with Gasteiger partial charge in [-0.25, -0.2) is 4.79 Å². The minimum absolute atomic E-state index is 0.00692. The van der Waals surface area contributed by atoms with Crippen LogP contribution in [-0.4, -0.2) is 71.4 Å². The molecule has 1 amide bonds. The number of carboxylic acids is 1. The molecule has 0 spiro atoms. The van der Waals surface area contributed by atoms with Crippen molar-refractivity contribution in [2.24, 2.45) is 0 Å². The van der Waals surface area contributed by atoms with E-state index in [2.05, 4.69) is 5.32 Å². The number of halogens is 1. The van der Waals surface area contributed by atoms with Gasteiger partial charge in [-0.3, -0.25) is 4.79 Å². The second-order valence-electron chi connectivity index (χ2n) is 8.14. The number of piperidine rings is 1. The number of likely N-dealkylation sites (tertiary alicyclic amines) is 1. The van der Waals surface area contributed by atoms with Crippen LogP contribution >= 0.6 is 11.6 Å². The van der Waals surface area contributed by atoms with E-state index in [1.165, 1.54) is 0 Å². The van der Waals surface area contributed by atoms with Gasteiger partial charge in [0.25, 0.3) is 5.91 Å². The van der Waals surface area contributed by atoms with Crippen LogP contribution in [0.2, 0.25) is 5.02 Å². The van der Waals surface area contributed by atoms with E-state index in [1.54, 1.807) is 42.5 Å². The number of nitrogens with zero attached hydrogens (tertiary/aromatic N) is 2. The molecule has 2 fully saturated rings. The Labute approximate surface area is 186 Å². The van der Waals surface area contributed by atoms with Gasteiger partial charge in [0.15, 0.2) is 0 Å². The first-order valence-corrected chi connectivity index (χ1v) is 10.9. The molecular formula is C23H26ClN3O4. The average molecular weight is 444 g/mol. The highest BCUT2D eigenvalue weighted by Crippen LogP contribution is 2.26. The maximum atomic E-state index is 12.7. The Morgan fingerprint density at radius 3 is 2.35 bits per heavy atom. The molecule has 2 aromatic rings. The van der Waals surface area contributed by atoms with Crippen molar-refractivity contribution in [2.45, 2.75) is 31.0 Å². The minimum atomic E-state index is -0.973. The number of anilines is 1. The van der Waals surface area contributed by atoms with Crippen molar-refractivity contribution >= 4 is 29.2 Å². The van der Waals surface area contributed by atoms with Crippen LogP contribution in [0.4, 0.5) is 5.69 Å². The van der Waals surface area contributed by atoms with Crippen LogP contribution < -0.4 is 10.2 Å². The summed E-state index contributed by atoms with van der Waals surface area (Å²) in [6, 6.07) is 13.8. The number of nitrogens with one attached hydrogen (secondary N) is 1. The van der Waals surface area contributed by atoms with Gasteiger partial charge in [0.1, 0.15) is 0 Å². The van der Waals surface area contributed by atoms with Gasteiger partial charge >= 0.3 is 5.97 Å². The third-order valence-electron chi connectivity index (χ3n) is 6.09. The summed E-state index contributed by atoms with van der Waals surface area (Å²) >= 11 is 5.90. The van der Waals surface area contributed by atoms with Gasteiger partial charge in [-0.05, 0) is 49.2 Å². The van der Waals surface area contributed by atoms with Crippen LogP contribution in [0.1, 0.15) is 33.6 Å². The fourth-order valence-corrected chi connectivity index (χ4v) is 4.53. The van der Waals surface area contributed by atoms with E-state index in [0.717, 1.165) is 12.8 Å². The van der Waals surface area contributed by atoms with E-state index in [9.17, 15) is 19.8 Å². The highest BCUT2D eigenvalue weighted by Gasteiger charge is 2.35. The molecule has 0 bridgehead atoms. The standard InChI is InChI=1S/C23H26ClN3O4/c24-16-7-5-15(6-8-16)22(29)26-11-9-17(10-12-26)25-19-13-27(14-21(19)28)20-4-2-1-3-18(20)23(30)31/h1-8,17,19,21,25,28H,9-14H2,(H,30,31). The lowest BCUT2D eigenvalue weighted by molar-refractivity contribution is 0.0685. The zero-order valence-corrected chi connectivity index (χ0v) is 17.8. The van der Waals surface area contributed by atoms with Crippen LogP contribution in [0.3, 0.4) is 0 Å². The largest absolute Gasteiger partial charge is 0.478 e. The van der Waals surface area contributed by atoms with Gasteiger partial charge in [0.2, 0.25) is 0 Å². The molecule has 8 heteroatoms. The fraction of sp³-hybridized carbons (Fsp3) is 0.391. The van der Waals surface area contributed by atoms with Gasteiger partial charge in [0, 0.05) is 42.8 Å². The zero-order chi connectivity index (χ0) is 22.0. The topological polar surface area (TPSA) is 93.1 Å². The van der Waals surface area contributed by atoms with E-state index in [4.69, 9.17) is 11.6 Å². The van der Waals surface area contributed by atoms with Crippen LogP contribution in [0.15, 0.2) is 48.5 Å². The Balaban J connectivity index is 1.32. The molecule has 2 aliphatic heterocycles. The summed E-state index contributed by atoms with van der Waals surface area (Å²) in [5.41, 5.74) is 1.50. The predicted octanol–water partition coefficient (Wildman–Crippen LogP) is 2.48. The molecule has 31 heavy (non-hydrogen) atoms. The van der Waals surface area contributed by atoms with E-state index in [1.807, 2.05) is 15.9 Å². The number of carbonyl (C=O) groups excluding carboxylic acids is 1. The number of carbonyl (C=O) groups is 2. The van der Waals surface area contributed by atoms with Crippen molar-refractivity contribution in [1.82, 2.24) is 10.2 Å². The summed E-state index contributed by atoms with van der Waals surface area (Å²) in [5, 5.41) is 24.1. The lowest BCUT2D eigenvalue weighted by Gasteiger charge is -2.34. The summed E-state index contributed by atoms with van der Waals surface area (Å²) in [7, 11) is 0. The Morgan fingerprint density at radius 2 is 1.68 bits per heavy atom. The summed E-state index contributed by atoms with van der Waals surface area (Å²) < 4.78 is 0. The normalized spacial score (nSPS) is 22.0. The van der Waals surface area contributed by atoms with Gasteiger partial charge in [-0.2, -0.15) is 0 Å². The number of amides is 1. The molecule has 2 saturated heterocycles. The van der Waals surface area contributed by atoms with Crippen LogP contribution in [0, 0.1) is 0 Å². The van der Waals surface area contributed by atoms with Crippen molar-refractivity contribution < 1.29 is 19.8 Å². The van der Waals surface area contributed by atoms with Gasteiger partial charge in [-0.1, -0.05) is 23.7 Å². The maximum absolute atomic E-state index is 12.7. The second-order valence-corrected chi connectivity index (χ2v) is 8.58. The van der Waals surface area contributed by atoms with Crippen molar-refractivity contribution in [3.8, 4) is 0 Å². The number of aliphatic hydroxyl groups is 1. The number of para-hydroxylation sites is 1. The molecule has 0 saturated carbocycles. The number of hydrogen-bond acceptors (Lipinski definition) is 5. The third kappa shape index (κ3) is 4.84. The lowest BCUT2D eigenvalue weighted by Crippen LogP contribution is -2.50. The molecule has 2 atom stereocenters. The minimum Gasteiger partial charge on any atom is -0.478 e. The summed E-state index contributed by atoms with van der Waals surface area (Å²) in [5.74, 6) is -0.966. The summed E-state index contributed by atoms with van der Waals surface area (Å²) in [6.07, 6.45) is 1.01. The number of hydrogen-bond donors (Lipinski definition) is 3. The zero-order valence-electron chi connectivity index (χ0n) is 17.1. The SMILES string of the molecule is O=C(O)c1ccccc1N1CC(O)C(NC2CCN(C(=O)c3ccc(Cl)cc3)CC2)C1. The summed E-state index contributed by atoms with van der Waals surface area (Å²) in [6.45, 7) is 2.21. The molecule has 7 nitrogen and oxygen atoms in total. The van der Waals surface area contributed by atoms with Crippen molar-refractivity contribution in [3.05, 3.63) is 64.7 Å². The number of rotatable bonds is 5. The number of carboxylic acid groups (broad SMARTS) is 1. The molecule has 2 heterocycles. The van der Waals surface area contributed by atoms with E-state index >= 15 is 0 Å². The first kappa shape index (κ1) is 21.6. The molecule has 0 aliphatic carbocycles. The fourth-order valence-electron chi connectivity index (χ4n) is 4.40. The highest BCUT2D eigenvalue weighted by atomic mass is 35.5. The first-order valence-electron chi connectivity index (χ1n) is 10.5. The molecule has 2 unspecified atom stereocenters. The molecule has 164 valence electrons. The van der Waals surface area contributed by atoms with Crippen molar-refractivity contribution in [3.63, 3.8) is 0 Å².